The molecule has 0 atom stereocenters. The van der Waals surface area contributed by atoms with E-state index >= 15 is 0 Å². The van der Waals surface area contributed by atoms with Crippen molar-refractivity contribution in [1.29, 1.82) is 0 Å². The molecule has 0 amide bonds. The van der Waals surface area contributed by atoms with Gasteiger partial charge in [-0.05, 0) is 12.0 Å². The number of nitrogens with one attached hydrogen (secondary N) is 1. The van der Waals surface area contributed by atoms with Crippen molar-refractivity contribution < 1.29 is 4.79 Å². The smallest absolute Gasteiger partial charge is 0.137 e. The quantitative estimate of drug-likeness (QED) is 0.829. The van der Waals surface area contributed by atoms with Crippen molar-refractivity contribution >= 4 is 5.78 Å². The summed E-state index contributed by atoms with van der Waals surface area (Å²) in [5, 5.41) is 0. The summed E-state index contributed by atoms with van der Waals surface area (Å²) in [6.45, 7) is 0. The lowest BCUT2D eigenvalue weighted by Crippen LogP contribution is -2.04. The Bertz CT molecular complexity index is 434. The lowest BCUT2D eigenvalue weighted by atomic mass is 10.1. The Morgan fingerprint density at radius 2 is 2.06 bits per heavy atom. The predicted molar refractivity (Wildman–Crippen MR) is 62.1 cm³/mol. The average molecular weight is 214 g/mol. The van der Waals surface area contributed by atoms with Gasteiger partial charge in [0.05, 0.1) is 12.0 Å². The van der Waals surface area contributed by atoms with E-state index in [9.17, 15) is 4.79 Å². The molecule has 2 aromatic rings. The van der Waals surface area contributed by atoms with Crippen LogP contribution in [0.25, 0.3) is 0 Å². The van der Waals surface area contributed by atoms with Crippen molar-refractivity contribution in [3.63, 3.8) is 0 Å². The van der Waals surface area contributed by atoms with Crippen molar-refractivity contribution in [2.75, 3.05) is 0 Å². The first-order valence-corrected chi connectivity index (χ1v) is 5.38. The van der Waals surface area contributed by atoms with Gasteiger partial charge in [0.2, 0.25) is 0 Å². The fraction of sp³-hybridized carbons (Fsp3) is 0.231. The van der Waals surface area contributed by atoms with Gasteiger partial charge >= 0.3 is 0 Å². The highest BCUT2D eigenvalue weighted by atomic mass is 16.1. The molecule has 16 heavy (non-hydrogen) atoms. The van der Waals surface area contributed by atoms with E-state index in [-0.39, 0.29) is 5.78 Å². The van der Waals surface area contributed by atoms with Crippen LogP contribution in [0, 0.1) is 0 Å². The minimum absolute atomic E-state index is 0.259. The summed E-state index contributed by atoms with van der Waals surface area (Å²) < 4.78 is 0. The largest absolute Gasteiger partial charge is 0.351 e. The number of imidazole rings is 1. The summed E-state index contributed by atoms with van der Waals surface area (Å²) in [6, 6.07) is 9.82. The molecular formula is C13H14N2O. The third-order valence-electron chi connectivity index (χ3n) is 2.46. The highest BCUT2D eigenvalue weighted by Crippen LogP contribution is 2.04. The minimum Gasteiger partial charge on any atom is -0.351 e. The number of carbonyl (C=O) groups is 1. The van der Waals surface area contributed by atoms with Crippen LogP contribution in [-0.2, 0) is 17.6 Å². The first-order valence-electron chi connectivity index (χ1n) is 5.38. The van der Waals surface area contributed by atoms with Gasteiger partial charge in [0, 0.05) is 19.0 Å². The molecule has 0 saturated carbocycles. The van der Waals surface area contributed by atoms with Crippen LogP contribution in [0.5, 0.6) is 0 Å². The second-order valence-electron chi connectivity index (χ2n) is 3.76. The summed E-state index contributed by atoms with van der Waals surface area (Å²) in [7, 11) is 0. The molecule has 1 aromatic heterocycles. The number of nitrogens with zero attached hydrogens (tertiary/aromatic N) is 1. The monoisotopic (exact) mass is 214 g/mol. The average Bonchev–Trinajstić information content (AvgIpc) is 2.81. The van der Waals surface area contributed by atoms with Gasteiger partial charge in [-0.3, -0.25) is 4.79 Å². The molecule has 0 bridgehead atoms. The molecule has 82 valence electrons. The molecule has 0 radical (unpaired) electrons. The number of H-pyrrole nitrogens is 1. The highest BCUT2D eigenvalue weighted by Gasteiger charge is 2.04. The van der Waals surface area contributed by atoms with Gasteiger partial charge in [-0.15, -0.1) is 0 Å². The van der Waals surface area contributed by atoms with E-state index in [1.807, 2.05) is 36.5 Å². The maximum atomic E-state index is 11.7. The van der Waals surface area contributed by atoms with Crippen LogP contribution in [0.4, 0.5) is 0 Å². The van der Waals surface area contributed by atoms with Crippen LogP contribution < -0.4 is 0 Å². The topological polar surface area (TPSA) is 45.8 Å². The summed E-state index contributed by atoms with van der Waals surface area (Å²) >= 11 is 0. The van der Waals surface area contributed by atoms with Crippen LogP contribution in [0.3, 0.4) is 0 Å². The van der Waals surface area contributed by atoms with Gasteiger partial charge < -0.3 is 4.98 Å². The molecule has 0 unspecified atom stereocenters. The SMILES string of the molecule is O=C(CCc1c[nH]cn1)Cc1ccccc1. The maximum absolute atomic E-state index is 11.7. The van der Waals surface area contributed by atoms with Crippen molar-refractivity contribution in [3.8, 4) is 0 Å². The molecule has 0 aliphatic carbocycles. The number of carbonyl (C=O) groups excluding carboxylic acids is 1. The van der Waals surface area contributed by atoms with Crippen LogP contribution in [-0.4, -0.2) is 15.8 Å². The van der Waals surface area contributed by atoms with E-state index < -0.39 is 0 Å². The van der Waals surface area contributed by atoms with Crippen LogP contribution >= 0.6 is 0 Å². The molecule has 1 N–H and O–H groups in total. The number of Topliss-reactive ketones (excluding diaryl/α,β-unsaturated/α-hetero) is 1. The zero-order valence-electron chi connectivity index (χ0n) is 9.02. The van der Waals surface area contributed by atoms with Crippen LogP contribution in [0.15, 0.2) is 42.9 Å². The van der Waals surface area contributed by atoms with Crippen molar-refractivity contribution in [1.82, 2.24) is 9.97 Å². The highest BCUT2D eigenvalue weighted by molar-refractivity contribution is 5.80. The van der Waals surface area contributed by atoms with E-state index in [0.717, 1.165) is 17.7 Å². The Morgan fingerprint density at radius 3 is 2.75 bits per heavy atom. The standard InChI is InChI=1S/C13H14N2O/c16-13(7-6-12-9-14-10-15-12)8-11-4-2-1-3-5-11/h1-5,9-10H,6-8H2,(H,14,15). The third kappa shape index (κ3) is 3.05. The summed E-state index contributed by atoms with van der Waals surface area (Å²) in [6.07, 6.45) is 5.26. The van der Waals surface area contributed by atoms with E-state index in [1.54, 1.807) is 6.33 Å². The number of aromatic nitrogens is 2. The second kappa shape index (κ2) is 5.26. The molecule has 0 aliphatic heterocycles. The van der Waals surface area contributed by atoms with E-state index in [2.05, 4.69) is 9.97 Å². The molecule has 3 nitrogen and oxygen atoms in total. The van der Waals surface area contributed by atoms with Crippen molar-refractivity contribution in [2.24, 2.45) is 0 Å². The lowest BCUT2D eigenvalue weighted by Gasteiger charge is -1.99. The number of hydrogen-bond acceptors (Lipinski definition) is 2. The molecule has 0 spiro atoms. The predicted octanol–water partition coefficient (Wildman–Crippen LogP) is 2.15. The zero-order chi connectivity index (χ0) is 11.2. The first kappa shape index (κ1) is 10.6. The molecule has 1 heterocycles. The van der Waals surface area contributed by atoms with Crippen LogP contribution in [0.2, 0.25) is 0 Å². The Hall–Kier alpha value is -1.90. The number of aromatic amines is 1. The van der Waals surface area contributed by atoms with E-state index in [0.29, 0.717) is 12.8 Å². The second-order valence-corrected chi connectivity index (χ2v) is 3.76. The molecular weight excluding hydrogens is 200 g/mol. The Morgan fingerprint density at radius 1 is 1.25 bits per heavy atom. The number of aryl methyl sites for hydroxylation is 1. The Labute approximate surface area is 94.5 Å². The summed E-state index contributed by atoms with van der Waals surface area (Å²) in [5.74, 6) is 0.259. The molecule has 0 saturated heterocycles. The molecule has 1 aromatic carbocycles. The zero-order valence-corrected chi connectivity index (χ0v) is 9.02. The molecule has 0 fully saturated rings. The van der Waals surface area contributed by atoms with Crippen molar-refractivity contribution in [3.05, 3.63) is 54.1 Å². The van der Waals surface area contributed by atoms with Gasteiger partial charge in [0.25, 0.3) is 0 Å². The van der Waals surface area contributed by atoms with E-state index in [1.165, 1.54) is 0 Å². The molecule has 0 aliphatic rings. The third-order valence-corrected chi connectivity index (χ3v) is 2.46. The normalized spacial score (nSPS) is 10.2. The van der Waals surface area contributed by atoms with Gasteiger partial charge in [-0.25, -0.2) is 4.98 Å². The van der Waals surface area contributed by atoms with Gasteiger partial charge in [-0.2, -0.15) is 0 Å². The number of ketones is 1. The fourth-order valence-electron chi connectivity index (χ4n) is 1.61. The lowest BCUT2D eigenvalue weighted by molar-refractivity contribution is -0.118. The molecule has 3 heteroatoms. The van der Waals surface area contributed by atoms with Gasteiger partial charge in [0.1, 0.15) is 5.78 Å². The maximum Gasteiger partial charge on any atom is 0.137 e. The summed E-state index contributed by atoms with van der Waals surface area (Å²) in [5.41, 5.74) is 2.02. The minimum atomic E-state index is 0.259. The Balaban J connectivity index is 1.81. The number of hydrogen-bond donors (Lipinski definition) is 1. The van der Waals surface area contributed by atoms with Gasteiger partial charge in [0.15, 0.2) is 0 Å². The number of rotatable bonds is 5. The van der Waals surface area contributed by atoms with E-state index in [4.69, 9.17) is 0 Å². The number of benzene rings is 1. The van der Waals surface area contributed by atoms with Gasteiger partial charge in [-0.1, -0.05) is 30.3 Å². The van der Waals surface area contributed by atoms with Crippen molar-refractivity contribution in [2.45, 2.75) is 19.3 Å². The van der Waals surface area contributed by atoms with Crippen LogP contribution in [0.1, 0.15) is 17.7 Å². The Kier molecular flexibility index (Phi) is 3.49. The first-order chi connectivity index (χ1) is 7.84. The fourth-order valence-corrected chi connectivity index (χ4v) is 1.61. The summed E-state index contributed by atoms with van der Waals surface area (Å²) in [4.78, 5) is 18.6. The molecule has 2 rings (SSSR count).